The summed E-state index contributed by atoms with van der Waals surface area (Å²) < 4.78 is 5.60. The molecule has 2 saturated carbocycles. The van der Waals surface area contributed by atoms with Crippen molar-refractivity contribution in [1.29, 1.82) is 0 Å². The summed E-state index contributed by atoms with van der Waals surface area (Å²) in [4.78, 5) is 23.4. The van der Waals surface area contributed by atoms with Crippen LogP contribution in [0.25, 0.3) is 0 Å². The van der Waals surface area contributed by atoms with E-state index in [2.05, 4.69) is 5.32 Å². The summed E-state index contributed by atoms with van der Waals surface area (Å²) in [7, 11) is 0. The van der Waals surface area contributed by atoms with Gasteiger partial charge in [0, 0.05) is 6.04 Å². The fourth-order valence-electron chi connectivity index (χ4n) is 3.45. The Labute approximate surface area is 126 Å². The fraction of sp³-hybridized carbons (Fsp3) is 0.875. The van der Waals surface area contributed by atoms with Gasteiger partial charge in [-0.15, -0.1) is 0 Å². The molecule has 0 aromatic carbocycles. The third kappa shape index (κ3) is 5.30. The van der Waals surface area contributed by atoms with Gasteiger partial charge in [0.25, 0.3) is 0 Å². The van der Waals surface area contributed by atoms with Crippen LogP contribution in [0.4, 0.5) is 0 Å². The number of hydrogen-bond donors (Lipinski definition) is 2. The molecule has 0 aromatic rings. The smallest absolute Gasteiger partial charge is 0.308 e. The lowest BCUT2D eigenvalue weighted by Crippen LogP contribution is -2.45. The second-order valence-electron chi connectivity index (χ2n) is 6.33. The molecule has 0 saturated heterocycles. The molecule has 2 rings (SSSR count). The normalized spacial score (nSPS) is 27.8. The third-order valence-electron chi connectivity index (χ3n) is 4.68. The average Bonchev–Trinajstić information content (AvgIpc) is 2.92. The summed E-state index contributed by atoms with van der Waals surface area (Å²) in [5.41, 5.74) is 0. The van der Waals surface area contributed by atoms with Gasteiger partial charge in [-0.05, 0) is 25.7 Å². The molecule has 0 bridgehead atoms. The van der Waals surface area contributed by atoms with Crippen molar-refractivity contribution in [3.05, 3.63) is 0 Å². The minimum atomic E-state index is -0.793. The van der Waals surface area contributed by atoms with Crippen molar-refractivity contribution in [3.63, 3.8) is 0 Å². The van der Waals surface area contributed by atoms with Crippen molar-refractivity contribution in [2.45, 2.75) is 76.4 Å². The predicted octanol–water partition coefficient (Wildman–Crippen LogP) is 2.49. The van der Waals surface area contributed by atoms with Gasteiger partial charge in [-0.25, -0.2) is 0 Å². The Balaban J connectivity index is 1.81. The van der Waals surface area contributed by atoms with Crippen LogP contribution >= 0.6 is 0 Å². The first-order valence-electron chi connectivity index (χ1n) is 8.30. The van der Waals surface area contributed by atoms with Gasteiger partial charge in [-0.3, -0.25) is 9.59 Å². The summed E-state index contributed by atoms with van der Waals surface area (Å²) in [5.74, 6) is -1.42. The van der Waals surface area contributed by atoms with Gasteiger partial charge in [0.05, 0.1) is 12.0 Å². The summed E-state index contributed by atoms with van der Waals surface area (Å²) in [6.07, 6.45) is 10.2. The van der Waals surface area contributed by atoms with E-state index in [1.165, 1.54) is 12.8 Å². The Morgan fingerprint density at radius 1 is 0.952 bits per heavy atom. The van der Waals surface area contributed by atoms with Crippen molar-refractivity contribution >= 4 is 11.9 Å². The molecule has 0 radical (unpaired) electrons. The number of carbonyl (C=O) groups is 2. The molecule has 2 N–H and O–H groups in total. The van der Waals surface area contributed by atoms with Gasteiger partial charge in [0.2, 0.25) is 5.91 Å². The number of carbonyl (C=O) groups excluding carboxylic acids is 1. The minimum Gasteiger partial charge on any atom is -0.481 e. The maximum absolute atomic E-state index is 12.0. The van der Waals surface area contributed by atoms with E-state index in [-0.39, 0.29) is 24.7 Å². The summed E-state index contributed by atoms with van der Waals surface area (Å²) in [6, 6.07) is -0.248. The lowest BCUT2D eigenvalue weighted by Gasteiger charge is -2.27. The quantitative estimate of drug-likeness (QED) is 0.817. The molecular weight excluding hydrogens is 270 g/mol. The molecule has 0 spiro atoms. The maximum atomic E-state index is 12.0. The molecule has 2 atom stereocenters. The Bertz CT molecular complexity index is 352. The number of hydrogen-bond acceptors (Lipinski definition) is 3. The van der Waals surface area contributed by atoms with Gasteiger partial charge in [-0.2, -0.15) is 0 Å². The fourth-order valence-corrected chi connectivity index (χ4v) is 3.45. The molecular formula is C16H27NO4. The zero-order chi connectivity index (χ0) is 15.1. The van der Waals surface area contributed by atoms with E-state index in [9.17, 15) is 14.7 Å². The molecule has 120 valence electrons. The molecule has 5 nitrogen and oxygen atoms in total. The lowest BCUT2D eigenvalue weighted by molar-refractivity contribution is -0.144. The number of amides is 1. The van der Waals surface area contributed by atoms with E-state index < -0.39 is 11.9 Å². The highest BCUT2D eigenvalue weighted by molar-refractivity contribution is 5.79. The molecule has 2 unspecified atom stereocenters. The molecule has 0 aliphatic heterocycles. The van der Waals surface area contributed by atoms with Crippen molar-refractivity contribution in [2.75, 3.05) is 6.61 Å². The van der Waals surface area contributed by atoms with Gasteiger partial charge >= 0.3 is 5.97 Å². The first-order valence-corrected chi connectivity index (χ1v) is 8.30. The number of carboxylic acid groups (broad SMARTS) is 1. The monoisotopic (exact) mass is 297 g/mol. The van der Waals surface area contributed by atoms with Crippen LogP contribution in [0.1, 0.15) is 64.2 Å². The van der Waals surface area contributed by atoms with E-state index in [4.69, 9.17) is 4.74 Å². The molecule has 0 aromatic heterocycles. The summed E-state index contributed by atoms with van der Waals surface area (Å²) >= 11 is 0. The van der Waals surface area contributed by atoms with Crippen LogP contribution in [0, 0.1) is 5.92 Å². The van der Waals surface area contributed by atoms with Crippen LogP contribution in [0.15, 0.2) is 0 Å². The van der Waals surface area contributed by atoms with Crippen molar-refractivity contribution in [3.8, 4) is 0 Å². The molecule has 0 heterocycles. The Kier molecular flexibility index (Phi) is 6.49. The molecule has 5 heteroatoms. The molecule has 21 heavy (non-hydrogen) atoms. The van der Waals surface area contributed by atoms with Crippen molar-refractivity contribution in [1.82, 2.24) is 5.32 Å². The zero-order valence-corrected chi connectivity index (χ0v) is 12.7. The van der Waals surface area contributed by atoms with Crippen LogP contribution in [0.3, 0.4) is 0 Å². The van der Waals surface area contributed by atoms with Crippen LogP contribution < -0.4 is 5.32 Å². The highest BCUT2D eigenvalue weighted by atomic mass is 16.5. The highest BCUT2D eigenvalue weighted by Gasteiger charge is 2.30. The van der Waals surface area contributed by atoms with Gasteiger partial charge in [-0.1, -0.05) is 38.5 Å². The van der Waals surface area contributed by atoms with E-state index in [1.54, 1.807) is 0 Å². The second-order valence-corrected chi connectivity index (χ2v) is 6.33. The van der Waals surface area contributed by atoms with Gasteiger partial charge in [0.15, 0.2) is 0 Å². The summed E-state index contributed by atoms with van der Waals surface area (Å²) in [5, 5.41) is 12.3. The van der Waals surface area contributed by atoms with Crippen LogP contribution in [0.2, 0.25) is 0 Å². The predicted molar refractivity (Wildman–Crippen MR) is 79.0 cm³/mol. The van der Waals surface area contributed by atoms with Crippen LogP contribution in [-0.4, -0.2) is 35.7 Å². The average molecular weight is 297 g/mol. The van der Waals surface area contributed by atoms with Crippen molar-refractivity contribution < 1.29 is 19.4 Å². The van der Waals surface area contributed by atoms with E-state index in [0.717, 1.165) is 44.9 Å². The SMILES string of the molecule is O=C(COC1CCCC1)NC1CCCCCCC1C(=O)O. The molecule has 2 aliphatic carbocycles. The summed E-state index contributed by atoms with van der Waals surface area (Å²) in [6.45, 7) is 0.0630. The first-order chi connectivity index (χ1) is 10.2. The first kappa shape index (κ1) is 16.3. The third-order valence-corrected chi connectivity index (χ3v) is 4.68. The largest absolute Gasteiger partial charge is 0.481 e. The van der Waals surface area contributed by atoms with Crippen molar-refractivity contribution in [2.24, 2.45) is 5.92 Å². The molecule has 2 aliphatic rings. The van der Waals surface area contributed by atoms with Crippen LogP contribution in [-0.2, 0) is 14.3 Å². The number of ether oxygens (including phenoxy) is 1. The molecule has 1 amide bonds. The van der Waals surface area contributed by atoms with E-state index in [1.807, 2.05) is 0 Å². The maximum Gasteiger partial charge on any atom is 0.308 e. The lowest BCUT2D eigenvalue weighted by atomic mass is 9.87. The minimum absolute atomic E-state index is 0.0630. The second kappa shape index (κ2) is 8.37. The van der Waals surface area contributed by atoms with Gasteiger partial charge < -0.3 is 15.2 Å². The topological polar surface area (TPSA) is 75.6 Å². The Morgan fingerprint density at radius 2 is 1.57 bits per heavy atom. The Hall–Kier alpha value is -1.10. The number of rotatable bonds is 5. The number of carboxylic acids is 1. The van der Waals surface area contributed by atoms with E-state index in [0.29, 0.717) is 6.42 Å². The van der Waals surface area contributed by atoms with Gasteiger partial charge in [0.1, 0.15) is 6.61 Å². The Morgan fingerprint density at radius 3 is 2.24 bits per heavy atom. The molecule has 2 fully saturated rings. The van der Waals surface area contributed by atoms with Crippen LogP contribution in [0.5, 0.6) is 0 Å². The number of nitrogens with one attached hydrogen (secondary N) is 1. The standard InChI is InChI=1S/C16H27NO4/c18-15(11-21-12-7-5-6-8-12)17-14-10-4-2-1-3-9-13(14)16(19)20/h12-14H,1-11H2,(H,17,18)(H,19,20). The highest BCUT2D eigenvalue weighted by Crippen LogP contribution is 2.24. The van der Waals surface area contributed by atoms with E-state index >= 15 is 0 Å². The number of aliphatic carboxylic acids is 1. The zero-order valence-electron chi connectivity index (χ0n) is 12.7.